The highest BCUT2D eigenvalue weighted by molar-refractivity contribution is 7.86. The molecule has 1 aromatic rings. The summed E-state index contributed by atoms with van der Waals surface area (Å²) in [5.74, 6) is 0.991. The average molecular weight is 252 g/mol. The third kappa shape index (κ3) is 2.00. The molecule has 17 heavy (non-hydrogen) atoms. The molecule has 92 valence electrons. The van der Waals surface area contributed by atoms with Crippen LogP contribution in [0.25, 0.3) is 0 Å². The standard InChI is InChI=1S/C13H16O3S/c1-9-5-7-10(8-6-9)17(14,15)16-13-11-3-2-4-12(11)13/h5-8,11-13H,2-4H2,1H3/t11-,12+,13?. The van der Waals surface area contributed by atoms with Crippen molar-refractivity contribution < 1.29 is 12.6 Å². The van der Waals surface area contributed by atoms with Crippen molar-refractivity contribution in [1.82, 2.24) is 0 Å². The van der Waals surface area contributed by atoms with Crippen molar-refractivity contribution in [2.24, 2.45) is 11.8 Å². The van der Waals surface area contributed by atoms with Crippen LogP contribution in [-0.4, -0.2) is 14.5 Å². The Bertz CT molecular complexity index is 508. The molecule has 1 aromatic carbocycles. The Hall–Kier alpha value is -0.870. The van der Waals surface area contributed by atoms with Gasteiger partial charge in [0, 0.05) is 0 Å². The van der Waals surface area contributed by atoms with Gasteiger partial charge in [-0.15, -0.1) is 0 Å². The zero-order valence-electron chi connectivity index (χ0n) is 9.80. The van der Waals surface area contributed by atoms with Gasteiger partial charge in [0.05, 0.1) is 11.0 Å². The van der Waals surface area contributed by atoms with Crippen LogP contribution in [0.15, 0.2) is 29.2 Å². The van der Waals surface area contributed by atoms with E-state index in [0.29, 0.717) is 11.8 Å². The first-order chi connectivity index (χ1) is 8.08. The van der Waals surface area contributed by atoms with E-state index in [1.54, 1.807) is 24.3 Å². The van der Waals surface area contributed by atoms with Crippen LogP contribution < -0.4 is 0 Å². The molecule has 0 aromatic heterocycles. The van der Waals surface area contributed by atoms with E-state index in [1.165, 1.54) is 6.42 Å². The van der Waals surface area contributed by atoms with Crippen LogP contribution in [-0.2, 0) is 14.3 Å². The van der Waals surface area contributed by atoms with E-state index in [9.17, 15) is 8.42 Å². The van der Waals surface area contributed by atoms with Gasteiger partial charge in [-0.3, -0.25) is 4.18 Å². The Labute approximate surface area is 102 Å². The molecule has 1 unspecified atom stereocenters. The Morgan fingerprint density at radius 3 is 2.29 bits per heavy atom. The first-order valence-corrected chi connectivity index (χ1v) is 7.49. The lowest BCUT2D eigenvalue weighted by Gasteiger charge is -2.07. The Kier molecular flexibility index (Phi) is 2.52. The lowest BCUT2D eigenvalue weighted by Crippen LogP contribution is -2.11. The van der Waals surface area contributed by atoms with E-state index in [0.717, 1.165) is 18.4 Å². The van der Waals surface area contributed by atoms with Gasteiger partial charge in [-0.05, 0) is 43.7 Å². The number of benzene rings is 1. The van der Waals surface area contributed by atoms with Crippen LogP contribution in [0.2, 0.25) is 0 Å². The summed E-state index contributed by atoms with van der Waals surface area (Å²) < 4.78 is 29.3. The summed E-state index contributed by atoms with van der Waals surface area (Å²) in [5, 5.41) is 0. The van der Waals surface area contributed by atoms with Crippen molar-refractivity contribution in [2.45, 2.75) is 37.2 Å². The van der Waals surface area contributed by atoms with Crippen molar-refractivity contribution in [3.8, 4) is 0 Å². The summed E-state index contributed by atoms with van der Waals surface area (Å²) in [7, 11) is -3.56. The summed E-state index contributed by atoms with van der Waals surface area (Å²) in [5.41, 5.74) is 1.05. The quantitative estimate of drug-likeness (QED) is 0.776. The molecule has 3 nitrogen and oxygen atoms in total. The summed E-state index contributed by atoms with van der Waals surface area (Å²) in [6, 6.07) is 6.82. The summed E-state index contributed by atoms with van der Waals surface area (Å²) in [6.45, 7) is 1.93. The fourth-order valence-corrected chi connectivity index (χ4v) is 3.96. The molecule has 0 spiro atoms. The van der Waals surface area contributed by atoms with Gasteiger partial charge in [0.2, 0.25) is 0 Å². The van der Waals surface area contributed by atoms with Gasteiger partial charge in [0.1, 0.15) is 0 Å². The van der Waals surface area contributed by atoms with Crippen LogP contribution in [0.3, 0.4) is 0 Å². The molecule has 0 amide bonds. The van der Waals surface area contributed by atoms with E-state index in [2.05, 4.69) is 0 Å². The maximum atomic E-state index is 12.0. The van der Waals surface area contributed by atoms with Gasteiger partial charge in [-0.2, -0.15) is 8.42 Å². The van der Waals surface area contributed by atoms with Gasteiger partial charge in [-0.1, -0.05) is 24.1 Å². The molecule has 0 radical (unpaired) electrons. The maximum absolute atomic E-state index is 12.0. The fraction of sp³-hybridized carbons (Fsp3) is 0.538. The molecule has 3 rings (SSSR count). The highest BCUT2D eigenvalue weighted by atomic mass is 32.2. The molecule has 2 aliphatic carbocycles. The van der Waals surface area contributed by atoms with Crippen LogP contribution >= 0.6 is 0 Å². The molecule has 0 N–H and O–H groups in total. The molecule has 4 heteroatoms. The SMILES string of the molecule is Cc1ccc(S(=O)(=O)OC2[C@H]3CCC[C@@H]23)cc1. The Morgan fingerprint density at radius 1 is 1.12 bits per heavy atom. The van der Waals surface area contributed by atoms with Crippen LogP contribution in [0.4, 0.5) is 0 Å². The topological polar surface area (TPSA) is 43.4 Å². The van der Waals surface area contributed by atoms with Gasteiger partial charge in [-0.25, -0.2) is 0 Å². The first kappa shape index (κ1) is 11.2. The summed E-state index contributed by atoms with van der Waals surface area (Å²) in [6.07, 6.45) is 3.42. The number of hydrogen-bond donors (Lipinski definition) is 0. The zero-order valence-corrected chi connectivity index (χ0v) is 10.6. The summed E-state index contributed by atoms with van der Waals surface area (Å²) in [4.78, 5) is 0.271. The smallest absolute Gasteiger partial charge is 0.262 e. The predicted molar refractivity (Wildman–Crippen MR) is 64.1 cm³/mol. The van der Waals surface area contributed by atoms with Gasteiger partial charge < -0.3 is 0 Å². The van der Waals surface area contributed by atoms with Crippen molar-refractivity contribution in [1.29, 1.82) is 0 Å². The number of aryl methyl sites for hydroxylation is 1. The van der Waals surface area contributed by atoms with E-state index in [4.69, 9.17) is 4.18 Å². The second-order valence-electron chi connectivity index (χ2n) is 5.09. The van der Waals surface area contributed by atoms with Gasteiger partial charge in [0.15, 0.2) is 0 Å². The van der Waals surface area contributed by atoms with Crippen LogP contribution in [0, 0.1) is 18.8 Å². The van der Waals surface area contributed by atoms with Crippen LogP contribution in [0.5, 0.6) is 0 Å². The van der Waals surface area contributed by atoms with Gasteiger partial charge in [0.25, 0.3) is 10.1 Å². The monoisotopic (exact) mass is 252 g/mol. The highest BCUT2D eigenvalue weighted by Crippen LogP contribution is 2.54. The molecular formula is C13H16O3S. The second kappa shape index (κ2) is 3.82. The second-order valence-corrected chi connectivity index (χ2v) is 6.66. The molecule has 0 bridgehead atoms. The number of fused-ring (bicyclic) bond motifs is 1. The van der Waals surface area contributed by atoms with Gasteiger partial charge >= 0.3 is 0 Å². The minimum Gasteiger partial charge on any atom is -0.262 e. The highest BCUT2D eigenvalue weighted by Gasteiger charge is 2.55. The lowest BCUT2D eigenvalue weighted by atomic mass is 10.2. The minimum atomic E-state index is -3.56. The van der Waals surface area contributed by atoms with Crippen molar-refractivity contribution in [3.05, 3.63) is 29.8 Å². The Balaban J connectivity index is 1.75. The molecule has 0 heterocycles. The molecule has 0 saturated heterocycles. The zero-order chi connectivity index (χ0) is 12.0. The Morgan fingerprint density at radius 2 is 1.71 bits per heavy atom. The van der Waals surface area contributed by atoms with Crippen molar-refractivity contribution in [3.63, 3.8) is 0 Å². The maximum Gasteiger partial charge on any atom is 0.297 e. The molecule has 3 atom stereocenters. The van der Waals surface area contributed by atoms with E-state index >= 15 is 0 Å². The van der Waals surface area contributed by atoms with Crippen molar-refractivity contribution >= 4 is 10.1 Å². The number of hydrogen-bond acceptors (Lipinski definition) is 3. The van der Waals surface area contributed by atoms with E-state index < -0.39 is 10.1 Å². The van der Waals surface area contributed by atoms with E-state index in [1.807, 2.05) is 6.92 Å². The fourth-order valence-electron chi connectivity index (χ4n) is 2.81. The van der Waals surface area contributed by atoms with E-state index in [-0.39, 0.29) is 11.0 Å². The minimum absolute atomic E-state index is 0.0462. The predicted octanol–water partition coefficient (Wildman–Crippen LogP) is 2.50. The molecule has 2 saturated carbocycles. The third-order valence-electron chi connectivity index (χ3n) is 3.88. The molecular weight excluding hydrogens is 236 g/mol. The summed E-state index contributed by atoms with van der Waals surface area (Å²) >= 11 is 0. The van der Waals surface area contributed by atoms with Crippen molar-refractivity contribution in [2.75, 3.05) is 0 Å². The normalized spacial score (nSPS) is 31.2. The number of rotatable bonds is 3. The average Bonchev–Trinajstić information content (AvgIpc) is 2.75. The molecule has 2 fully saturated rings. The largest absolute Gasteiger partial charge is 0.297 e. The third-order valence-corrected chi connectivity index (χ3v) is 5.20. The molecule has 0 aliphatic heterocycles. The first-order valence-electron chi connectivity index (χ1n) is 6.08. The molecule has 2 aliphatic rings. The van der Waals surface area contributed by atoms with Crippen LogP contribution in [0.1, 0.15) is 24.8 Å². The lowest BCUT2D eigenvalue weighted by molar-refractivity contribution is 0.263.